The molecule has 0 atom stereocenters. The first-order valence-corrected chi connectivity index (χ1v) is 12.4. The van der Waals surface area contributed by atoms with Crippen LogP contribution in [0.2, 0.25) is 0 Å². The number of nitrogens with zero attached hydrogens (tertiary/aromatic N) is 2. The summed E-state index contributed by atoms with van der Waals surface area (Å²) in [4.78, 5) is 14.2. The van der Waals surface area contributed by atoms with Crippen LogP contribution in [0.25, 0.3) is 10.2 Å². The van der Waals surface area contributed by atoms with Gasteiger partial charge in [0.05, 0.1) is 23.4 Å². The smallest absolute Gasteiger partial charge is 0.265 e. The largest absolute Gasteiger partial charge is 0.495 e. The minimum Gasteiger partial charge on any atom is -0.495 e. The Hall–Kier alpha value is -3.37. The fraction of sp³-hybridized carbons (Fsp3) is 0.217. The highest BCUT2D eigenvalue weighted by atomic mass is 32.2. The van der Waals surface area contributed by atoms with Crippen LogP contribution in [0, 0.1) is 20.8 Å². The Morgan fingerprint density at radius 2 is 1.79 bits per heavy atom. The van der Waals surface area contributed by atoms with E-state index in [1.54, 1.807) is 16.8 Å². The second-order valence-electron chi connectivity index (χ2n) is 7.73. The summed E-state index contributed by atoms with van der Waals surface area (Å²) in [5, 5.41) is 8.06. The van der Waals surface area contributed by atoms with Gasteiger partial charge in [-0.2, -0.15) is 5.10 Å². The third kappa shape index (κ3) is 4.31. The van der Waals surface area contributed by atoms with Gasteiger partial charge >= 0.3 is 0 Å². The summed E-state index contributed by atoms with van der Waals surface area (Å²) in [6.07, 6.45) is 0. The van der Waals surface area contributed by atoms with E-state index in [2.05, 4.69) is 15.1 Å². The van der Waals surface area contributed by atoms with Crippen molar-refractivity contribution >= 4 is 48.9 Å². The van der Waals surface area contributed by atoms with Gasteiger partial charge in [-0.05, 0) is 56.2 Å². The average Bonchev–Trinajstić information content (AvgIpc) is 3.32. The van der Waals surface area contributed by atoms with E-state index in [1.165, 1.54) is 30.6 Å². The van der Waals surface area contributed by atoms with E-state index in [1.807, 2.05) is 46.0 Å². The number of carbonyl (C=O) groups excluding carboxylic acids is 1. The molecular weight excluding hydrogens is 460 g/mol. The molecule has 0 unspecified atom stereocenters. The Balaban J connectivity index is 1.66. The van der Waals surface area contributed by atoms with E-state index in [-0.39, 0.29) is 16.6 Å². The van der Waals surface area contributed by atoms with Gasteiger partial charge in [0.25, 0.3) is 15.9 Å². The van der Waals surface area contributed by atoms with Crippen LogP contribution < -0.4 is 14.8 Å². The SMILES string of the molecule is COc1ccc(NC(=O)c2cc3c(C)nn(C)c3s2)cc1S(=O)(=O)Nc1c(C)cccc1C. The van der Waals surface area contributed by atoms with Crippen molar-refractivity contribution in [1.29, 1.82) is 0 Å². The van der Waals surface area contributed by atoms with Crippen LogP contribution in [-0.4, -0.2) is 31.2 Å². The van der Waals surface area contributed by atoms with Crippen molar-refractivity contribution in [2.75, 3.05) is 17.1 Å². The maximum absolute atomic E-state index is 13.2. The zero-order chi connectivity index (χ0) is 23.9. The third-order valence-corrected chi connectivity index (χ3v) is 7.92. The van der Waals surface area contributed by atoms with Gasteiger partial charge in [-0.25, -0.2) is 8.42 Å². The number of thiophene rings is 1. The van der Waals surface area contributed by atoms with Crippen LogP contribution in [0.3, 0.4) is 0 Å². The molecule has 1 amide bonds. The number of methoxy groups -OCH3 is 1. The predicted octanol–water partition coefficient (Wildman–Crippen LogP) is 4.62. The summed E-state index contributed by atoms with van der Waals surface area (Å²) >= 11 is 1.33. The highest BCUT2D eigenvalue weighted by Crippen LogP contribution is 2.32. The summed E-state index contributed by atoms with van der Waals surface area (Å²) in [7, 11) is -0.749. The lowest BCUT2D eigenvalue weighted by Gasteiger charge is -2.16. The van der Waals surface area contributed by atoms with Crippen molar-refractivity contribution in [2.24, 2.45) is 7.05 Å². The molecule has 0 aliphatic heterocycles. The Labute approximate surface area is 196 Å². The lowest BCUT2D eigenvalue weighted by molar-refractivity contribution is 0.103. The van der Waals surface area contributed by atoms with Crippen molar-refractivity contribution in [3.63, 3.8) is 0 Å². The molecule has 33 heavy (non-hydrogen) atoms. The molecule has 0 spiro atoms. The minimum atomic E-state index is -3.98. The Kier molecular flexibility index (Phi) is 5.89. The number of anilines is 2. The first-order valence-electron chi connectivity index (χ1n) is 10.1. The molecule has 172 valence electrons. The van der Waals surface area contributed by atoms with E-state index in [4.69, 9.17) is 4.74 Å². The van der Waals surface area contributed by atoms with Gasteiger partial charge in [-0.1, -0.05) is 18.2 Å². The van der Waals surface area contributed by atoms with Gasteiger partial charge in [0.1, 0.15) is 15.5 Å². The number of hydrogen-bond acceptors (Lipinski definition) is 6. The molecule has 4 rings (SSSR count). The number of hydrogen-bond donors (Lipinski definition) is 2. The van der Waals surface area contributed by atoms with Crippen LogP contribution >= 0.6 is 11.3 Å². The molecule has 10 heteroatoms. The molecule has 0 saturated carbocycles. The Morgan fingerprint density at radius 3 is 2.42 bits per heavy atom. The number of sulfonamides is 1. The van der Waals surface area contributed by atoms with Gasteiger partial charge in [0.15, 0.2) is 0 Å². The molecule has 2 N–H and O–H groups in total. The Morgan fingerprint density at radius 1 is 1.09 bits per heavy atom. The highest BCUT2D eigenvalue weighted by molar-refractivity contribution is 7.92. The number of amides is 1. The molecule has 0 aliphatic rings. The van der Waals surface area contributed by atoms with Crippen LogP contribution in [0.4, 0.5) is 11.4 Å². The minimum absolute atomic E-state index is 0.0677. The van der Waals surface area contributed by atoms with Gasteiger partial charge < -0.3 is 10.1 Å². The highest BCUT2D eigenvalue weighted by Gasteiger charge is 2.23. The van der Waals surface area contributed by atoms with Crippen LogP contribution in [0.15, 0.2) is 47.4 Å². The summed E-state index contributed by atoms with van der Waals surface area (Å²) in [6.45, 7) is 5.56. The predicted molar refractivity (Wildman–Crippen MR) is 131 cm³/mol. The number of benzene rings is 2. The van der Waals surface area contributed by atoms with Crippen molar-refractivity contribution in [3.05, 3.63) is 64.2 Å². The van der Waals surface area contributed by atoms with Crippen molar-refractivity contribution < 1.29 is 17.9 Å². The van der Waals surface area contributed by atoms with E-state index < -0.39 is 10.0 Å². The quantitative estimate of drug-likeness (QED) is 0.416. The summed E-state index contributed by atoms with van der Waals surface area (Å²) in [5.41, 5.74) is 3.31. The molecule has 2 aromatic heterocycles. The summed E-state index contributed by atoms with van der Waals surface area (Å²) < 4.78 is 36.2. The fourth-order valence-electron chi connectivity index (χ4n) is 3.64. The average molecular weight is 485 g/mol. The fourth-order valence-corrected chi connectivity index (χ4v) is 6.06. The molecule has 8 nitrogen and oxygen atoms in total. The molecule has 0 saturated heterocycles. The standard InChI is InChI=1S/C23H24N4O4S2/c1-13-7-6-8-14(2)21(13)26-33(29,30)20-11-16(9-10-18(20)31-5)24-22(28)19-12-17-15(3)25-27(4)23(17)32-19/h6-12,26H,1-5H3,(H,24,28). The lowest BCUT2D eigenvalue weighted by atomic mass is 10.1. The second-order valence-corrected chi connectivity index (χ2v) is 10.4. The number of rotatable bonds is 6. The number of carbonyl (C=O) groups is 1. The molecule has 2 aromatic carbocycles. The number of aryl methyl sites for hydroxylation is 4. The van der Waals surface area contributed by atoms with E-state index in [0.29, 0.717) is 16.3 Å². The monoisotopic (exact) mass is 484 g/mol. The molecule has 0 bridgehead atoms. The number of para-hydroxylation sites is 1. The molecule has 2 heterocycles. The number of aromatic nitrogens is 2. The summed E-state index contributed by atoms with van der Waals surface area (Å²) in [5.74, 6) is -0.151. The zero-order valence-electron chi connectivity index (χ0n) is 18.9. The van der Waals surface area contributed by atoms with Gasteiger partial charge in [0, 0.05) is 18.1 Å². The molecule has 0 radical (unpaired) electrons. The molecule has 0 fully saturated rings. The van der Waals surface area contributed by atoms with Crippen LogP contribution in [0.1, 0.15) is 26.5 Å². The Bertz CT molecular complexity index is 1430. The molecule has 4 aromatic rings. The van der Waals surface area contributed by atoms with Crippen LogP contribution in [0.5, 0.6) is 5.75 Å². The first-order chi connectivity index (χ1) is 15.6. The van der Waals surface area contributed by atoms with E-state index >= 15 is 0 Å². The van der Waals surface area contributed by atoms with E-state index in [9.17, 15) is 13.2 Å². The first kappa shape index (κ1) is 22.8. The number of nitrogens with one attached hydrogen (secondary N) is 2. The van der Waals surface area contributed by atoms with Crippen molar-refractivity contribution in [2.45, 2.75) is 25.7 Å². The van der Waals surface area contributed by atoms with Gasteiger partial charge in [-0.15, -0.1) is 11.3 Å². The zero-order valence-corrected chi connectivity index (χ0v) is 20.5. The number of ether oxygens (including phenoxy) is 1. The van der Waals surface area contributed by atoms with Crippen LogP contribution in [-0.2, 0) is 17.1 Å². The second kappa shape index (κ2) is 8.53. The van der Waals surface area contributed by atoms with E-state index in [0.717, 1.165) is 27.0 Å². The van der Waals surface area contributed by atoms with Crippen molar-refractivity contribution in [1.82, 2.24) is 9.78 Å². The third-order valence-electron chi connectivity index (χ3n) is 5.35. The van der Waals surface area contributed by atoms with Gasteiger partial charge in [0.2, 0.25) is 0 Å². The van der Waals surface area contributed by atoms with Crippen molar-refractivity contribution in [3.8, 4) is 5.75 Å². The number of fused-ring (bicyclic) bond motifs is 1. The maximum atomic E-state index is 13.2. The normalized spacial score (nSPS) is 11.5. The molecule has 0 aliphatic carbocycles. The lowest BCUT2D eigenvalue weighted by Crippen LogP contribution is -2.17. The summed E-state index contributed by atoms with van der Waals surface area (Å²) in [6, 6.07) is 11.9. The topological polar surface area (TPSA) is 102 Å². The maximum Gasteiger partial charge on any atom is 0.265 e. The van der Waals surface area contributed by atoms with Gasteiger partial charge in [-0.3, -0.25) is 14.2 Å². The molecular formula is C23H24N4O4S2.